The molecule has 0 saturated carbocycles. The molecule has 3 nitrogen and oxygen atoms in total. The van der Waals surface area contributed by atoms with E-state index in [9.17, 15) is 9.90 Å². The van der Waals surface area contributed by atoms with Gasteiger partial charge in [-0.15, -0.1) is 0 Å². The van der Waals surface area contributed by atoms with E-state index in [0.717, 1.165) is 19.3 Å². The van der Waals surface area contributed by atoms with E-state index in [2.05, 4.69) is 38.2 Å². The highest BCUT2D eigenvalue weighted by Gasteiger charge is 2.18. The van der Waals surface area contributed by atoms with Crippen molar-refractivity contribution in [1.82, 2.24) is 5.32 Å². The van der Waals surface area contributed by atoms with Crippen molar-refractivity contribution >= 4 is 5.91 Å². The maximum Gasteiger partial charge on any atom is 0.220 e. The number of rotatable bonds is 32. The van der Waals surface area contributed by atoms with Crippen LogP contribution in [0, 0.1) is 5.92 Å². The van der Waals surface area contributed by atoms with Crippen molar-refractivity contribution in [2.24, 2.45) is 5.92 Å². The molecule has 40 heavy (non-hydrogen) atoms. The standard InChI is InChI=1S/C37H73NO2/c1-4-6-8-10-12-14-16-18-19-21-23-25-27-29-31-33-37(40)38-36(34-39)35(3)32-30-28-26-24-22-20-17-15-13-11-9-7-5-2/h18-19,35-36,39H,4-17,20-34H2,1-3H3,(H,38,40)/b19-18+/t35-,36+/m1/s1. The zero-order valence-corrected chi connectivity index (χ0v) is 27.7. The number of hydrogen-bond donors (Lipinski definition) is 2. The summed E-state index contributed by atoms with van der Waals surface area (Å²) in [6.45, 7) is 6.79. The van der Waals surface area contributed by atoms with Crippen LogP contribution in [0.5, 0.6) is 0 Å². The summed E-state index contributed by atoms with van der Waals surface area (Å²) >= 11 is 0. The summed E-state index contributed by atoms with van der Waals surface area (Å²) < 4.78 is 0. The van der Waals surface area contributed by atoms with Crippen LogP contribution in [0.3, 0.4) is 0 Å². The predicted molar refractivity (Wildman–Crippen MR) is 178 cm³/mol. The molecule has 0 radical (unpaired) electrons. The zero-order chi connectivity index (χ0) is 29.4. The van der Waals surface area contributed by atoms with Gasteiger partial charge in [0.25, 0.3) is 0 Å². The largest absolute Gasteiger partial charge is 0.394 e. The van der Waals surface area contributed by atoms with E-state index in [-0.39, 0.29) is 18.6 Å². The molecule has 0 aliphatic rings. The number of nitrogens with one attached hydrogen (secondary N) is 1. The van der Waals surface area contributed by atoms with Crippen LogP contribution < -0.4 is 5.32 Å². The van der Waals surface area contributed by atoms with Crippen molar-refractivity contribution in [2.45, 2.75) is 207 Å². The third-order valence-electron chi connectivity index (χ3n) is 8.66. The number of aliphatic hydroxyl groups excluding tert-OH is 1. The second-order valence-corrected chi connectivity index (χ2v) is 12.7. The van der Waals surface area contributed by atoms with E-state index < -0.39 is 0 Å². The summed E-state index contributed by atoms with van der Waals surface area (Å²) in [5.41, 5.74) is 0. The SMILES string of the molecule is CCCCCCCC/C=C/CCCCCCCC(=O)N[C@@H](CO)[C@H](C)CCCCCCCCCCCCCCC. The lowest BCUT2D eigenvalue weighted by Crippen LogP contribution is -2.42. The van der Waals surface area contributed by atoms with E-state index in [4.69, 9.17) is 0 Å². The van der Waals surface area contributed by atoms with Gasteiger partial charge in [0.15, 0.2) is 0 Å². The second-order valence-electron chi connectivity index (χ2n) is 12.7. The van der Waals surface area contributed by atoms with Crippen LogP contribution >= 0.6 is 0 Å². The summed E-state index contributed by atoms with van der Waals surface area (Å²) in [6, 6.07) is -0.0899. The van der Waals surface area contributed by atoms with Crippen LogP contribution in [0.25, 0.3) is 0 Å². The van der Waals surface area contributed by atoms with E-state index in [1.807, 2.05) is 0 Å². The normalized spacial score (nSPS) is 13.2. The zero-order valence-electron chi connectivity index (χ0n) is 27.7. The molecule has 3 heteroatoms. The van der Waals surface area contributed by atoms with E-state index in [1.165, 1.54) is 154 Å². The Kier molecular flexibility index (Phi) is 32.0. The molecule has 1 amide bonds. The van der Waals surface area contributed by atoms with Gasteiger partial charge in [-0.1, -0.05) is 168 Å². The number of carbonyl (C=O) groups excluding carboxylic acids is 1. The molecule has 2 N–H and O–H groups in total. The van der Waals surface area contributed by atoms with Gasteiger partial charge >= 0.3 is 0 Å². The molecule has 0 aromatic rings. The predicted octanol–water partition coefficient (Wildman–Crippen LogP) is 11.6. The highest BCUT2D eigenvalue weighted by atomic mass is 16.3. The Hall–Kier alpha value is -0.830. The molecular weight excluding hydrogens is 490 g/mol. The van der Waals surface area contributed by atoms with Gasteiger partial charge in [-0.3, -0.25) is 4.79 Å². The number of unbranched alkanes of at least 4 members (excludes halogenated alkanes) is 23. The summed E-state index contributed by atoms with van der Waals surface area (Å²) in [5, 5.41) is 12.9. The number of amides is 1. The van der Waals surface area contributed by atoms with E-state index in [1.54, 1.807) is 0 Å². The van der Waals surface area contributed by atoms with Gasteiger partial charge in [0.05, 0.1) is 12.6 Å². The van der Waals surface area contributed by atoms with Gasteiger partial charge in [0, 0.05) is 6.42 Å². The quantitative estimate of drug-likeness (QED) is 0.0631. The first kappa shape index (κ1) is 39.2. The Balaban J connectivity index is 3.58. The molecule has 0 saturated heterocycles. The summed E-state index contributed by atoms with van der Waals surface area (Å²) in [7, 11) is 0. The molecule has 0 spiro atoms. The first-order valence-electron chi connectivity index (χ1n) is 18.2. The lowest BCUT2D eigenvalue weighted by atomic mass is 9.94. The minimum absolute atomic E-state index is 0.0533. The first-order valence-corrected chi connectivity index (χ1v) is 18.2. The third kappa shape index (κ3) is 28.7. The Morgan fingerprint density at radius 2 is 0.950 bits per heavy atom. The molecule has 238 valence electrons. The Morgan fingerprint density at radius 3 is 1.38 bits per heavy atom. The smallest absolute Gasteiger partial charge is 0.220 e. The lowest BCUT2D eigenvalue weighted by molar-refractivity contribution is -0.122. The van der Waals surface area contributed by atoms with Crippen molar-refractivity contribution in [1.29, 1.82) is 0 Å². The second kappa shape index (κ2) is 32.7. The molecule has 0 bridgehead atoms. The molecule has 0 fully saturated rings. The highest BCUT2D eigenvalue weighted by molar-refractivity contribution is 5.76. The summed E-state index contributed by atoms with van der Waals surface area (Å²) in [4.78, 5) is 12.4. The first-order chi connectivity index (χ1) is 19.7. The minimum Gasteiger partial charge on any atom is -0.394 e. The van der Waals surface area contributed by atoms with Crippen molar-refractivity contribution in [3.05, 3.63) is 12.2 Å². The number of aliphatic hydroxyl groups is 1. The molecular formula is C37H73NO2. The fourth-order valence-corrected chi connectivity index (χ4v) is 5.69. The Morgan fingerprint density at radius 1 is 0.575 bits per heavy atom. The topological polar surface area (TPSA) is 49.3 Å². The van der Waals surface area contributed by atoms with Crippen LogP contribution in [0.1, 0.15) is 201 Å². The molecule has 0 aliphatic heterocycles. The van der Waals surface area contributed by atoms with Crippen molar-refractivity contribution in [3.63, 3.8) is 0 Å². The summed E-state index contributed by atoms with van der Waals surface area (Å²) in [6.07, 6.45) is 40.8. The van der Waals surface area contributed by atoms with Crippen LogP contribution in [0.2, 0.25) is 0 Å². The van der Waals surface area contributed by atoms with E-state index >= 15 is 0 Å². The van der Waals surface area contributed by atoms with Crippen LogP contribution in [-0.2, 0) is 4.79 Å². The number of hydrogen-bond acceptors (Lipinski definition) is 2. The van der Waals surface area contributed by atoms with Gasteiger partial charge in [-0.25, -0.2) is 0 Å². The molecule has 0 heterocycles. The van der Waals surface area contributed by atoms with Crippen LogP contribution in [0.15, 0.2) is 12.2 Å². The third-order valence-corrected chi connectivity index (χ3v) is 8.66. The van der Waals surface area contributed by atoms with Crippen molar-refractivity contribution in [2.75, 3.05) is 6.61 Å². The fraction of sp³-hybridized carbons (Fsp3) is 0.919. The maximum absolute atomic E-state index is 12.4. The van der Waals surface area contributed by atoms with Crippen LogP contribution in [0.4, 0.5) is 0 Å². The van der Waals surface area contributed by atoms with Crippen molar-refractivity contribution < 1.29 is 9.90 Å². The average Bonchev–Trinajstić information content (AvgIpc) is 2.96. The minimum atomic E-state index is -0.0899. The van der Waals surface area contributed by atoms with Gasteiger partial charge < -0.3 is 10.4 Å². The monoisotopic (exact) mass is 564 g/mol. The molecule has 0 unspecified atom stereocenters. The van der Waals surface area contributed by atoms with Crippen LogP contribution in [-0.4, -0.2) is 23.7 Å². The Labute approximate surface area is 252 Å². The van der Waals surface area contributed by atoms with Gasteiger partial charge in [0.1, 0.15) is 0 Å². The summed E-state index contributed by atoms with van der Waals surface area (Å²) in [5.74, 6) is 0.463. The molecule has 0 rings (SSSR count). The van der Waals surface area contributed by atoms with Gasteiger partial charge in [-0.2, -0.15) is 0 Å². The average molecular weight is 564 g/mol. The highest BCUT2D eigenvalue weighted by Crippen LogP contribution is 2.17. The van der Waals surface area contributed by atoms with Gasteiger partial charge in [0.2, 0.25) is 5.91 Å². The molecule has 0 aromatic carbocycles. The molecule has 2 atom stereocenters. The number of allylic oxidation sites excluding steroid dienone is 2. The lowest BCUT2D eigenvalue weighted by Gasteiger charge is -2.23. The number of carbonyl (C=O) groups is 1. The van der Waals surface area contributed by atoms with Crippen molar-refractivity contribution in [3.8, 4) is 0 Å². The molecule has 0 aromatic heterocycles. The fourth-order valence-electron chi connectivity index (χ4n) is 5.69. The van der Waals surface area contributed by atoms with E-state index in [0.29, 0.717) is 12.3 Å². The maximum atomic E-state index is 12.4. The molecule has 0 aliphatic carbocycles. The Bertz CT molecular complexity index is 532. The van der Waals surface area contributed by atoms with Gasteiger partial charge in [-0.05, 0) is 44.4 Å².